The third-order valence-electron chi connectivity index (χ3n) is 6.74. The van der Waals surface area contributed by atoms with E-state index in [0.717, 1.165) is 64.8 Å². The van der Waals surface area contributed by atoms with Gasteiger partial charge in [0.05, 0.1) is 5.39 Å². The second-order valence-corrected chi connectivity index (χ2v) is 9.26. The molecule has 0 saturated carbocycles. The van der Waals surface area contributed by atoms with E-state index in [-0.39, 0.29) is 11.5 Å². The summed E-state index contributed by atoms with van der Waals surface area (Å²) in [5.74, 6) is -0.207. The third kappa shape index (κ3) is 6.48. The summed E-state index contributed by atoms with van der Waals surface area (Å²) in [4.78, 5) is 30.7. The first-order chi connectivity index (χ1) is 17.2. The van der Waals surface area contributed by atoms with E-state index < -0.39 is 0 Å². The van der Waals surface area contributed by atoms with Crippen molar-refractivity contribution in [2.24, 2.45) is 0 Å². The number of nitrogens with one attached hydrogen (secondary N) is 1. The zero-order valence-electron chi connectivity index (χ0n) is 20.8. The fourth-order valence-electron chi connectivity index (χ4n) is 4.68. The largest absolute Gasteiger partial charge is 0.369 e. The summed E-state index contributed by atoms with van der Waals surface area (Å²) in [6.45, 7) is 8.54. The molecule has 7 nitrogen and oxygen atoms in total. The van der Waals surface area contributed by atoms with Crippen LogP contribution in [0.1, 0.15) is 49.5 Å². The Bertz CT molecular complexity index is 1150. The first-order valence-electron chi connectivity index (χ1n) is 13.0. The Morgan fingerprint density at radius 3 is 2.29 bits per heavy atom. The number of anilines is 1. The van der Waals surface area contributed by atoms with Crippen molar-refractivity contribution in [3.05, 3.63) is 70.6 Å². The molecule has 1 aromatic heterocycles. The number of piperazine rings is 1. The van der Waals surface area contributed by atoms with Gasteiger partial charge in [0.15, 0.2) is 5.69 Å². The monoisotopic (exact) mass is 475 g/mol. The first kappa shape index (κ1) is 24.9. The van der Waals surface area contributed by atoms with Gasteiger partial charge in [0, 0.05) is 50.3 Å². The van der Waals surface area contributed by atoms with Crippen molar-refractivity contribution in [2.75, 3.05) is 44.2 Å². The standard InChI is InChI=1S/C28H37N5O2/c1-2-3-10-18-33-28(35)25-15-8-7-14-24(25)26(30-33)27(34)29-16-9-11-17-31-19-21-32(22-20-31)23-12-5-4-6-13-23/h4-8,12-15H,2-3,9-11,16-22H2,1H3,(H,29,34). The second kappa shape index (κ2) is 12.5. The number of hydrogen-bond donors (Lipinski definition) is 1. The molecule has 1 N–H and O–H groups in total. The molecule has 0 unspecified atom stereocenters. The highest BCUT2D eigenvalue weighted by molar-refractivity contribution is 6.04. The van der Waals surface area contributed by atoms with Crippen LogP contribution in [0.2, 0.25) is 0 Å². The molecule has 35 heavy (non-hydrogen) atoms. The highest BCUT2D eigenvalue weighted by Crippen LogP contribution is 2.16. The van der Waals surface area contributed by atoms with Gasteiger partial charge in [0.1, 0.15) is 0 Å². The van der Waals surface area contributed by atoms with E-state index in [4.69, 9.17) is 0 Å². The Morgan fingerprint density at radius 2 is 1.54 bits per heavy atom. The maximum absolute atomic E-state index is 13.0. The minimum atomic E-state index is -0.207. The van der Waals surface area contributed by atoms with Crippen LogP contribution in [-0.2, 0) is 6.54 Å². The summed E-state index contributed by atoms with van der Waals surface area (Å²) in [5, 5.41) is 8.66. The molecule has 1 amide bonds. The fourth-order valence-corrected chi connectivity index (χ4v) is 4.68. The number of carbonyl (C=O) groups is 1. The molecular formula is C28H37N5O2. The zero-order chi connectivity index (χ0) is 24.5. The van der Waals surface area contributed by atoms with Gasteiger partial charge in [-0.15, -0.1) is 0 Å². The molecule has 1 fully saturated rings. The average molecular weight is 476 g/mol. The lowest BCUT2D eigenvalue weighted by atomic mass is 10.1. The molecule has 0 aliphatic carbocycles. The topological polar surface area (TPSA) is 70.5 Å². The number of nitrogens with zero attached hydrogens (tertiary/aromatic N) is 4. The highest BCUT2D eigenvalue weighted by atomic mass is 16.2. The number of fused-ring (bicyclic) bond motifs is 1. The van der Waals surface area contributed by atoms with Crippen LogP contribution >= 0.6 is 0 Å². The minimum Gasteiger partial charge on any atom is -0.369 e. The van der Waals surface area contributed by atoms with Crippen molar-refractivity contribution in [1.82, 2.24) is 20.0 Å². The lowest BCUT2D eigenvalue weighted by Gasteiger charge is -2.36. The number of aryl methyl sites for hydroxylation is 1. The van der Waals surface area contributed by atoms with Crippen LogP contribution in [0.25, 0.3) is 10.8 Å². The summed E-state index contributed by atoms with van der Waals surface area (Å²) >= 11 is 0. The van der Waals surface area contributed by atoms with Crippen molar-refractivity contribution < 1.29 is 4.79 Å². The van der Waals surface area contributed by atoms with Crippen molar-refractivity contribution in [1.29, 1.82) is 0 Å². The van der Waals surface area contributed by atoms with E-state index in [1.165, 1.54) is 10.4 Å². The van der Waals surface area contributed by atoms with E-state index in [1.807, 2.05) is 18.2 Å². The zero-order valence-corrected chi connectivity index (χ0v) is 20.8. The molecule has 1 saturated heterocycles. The van der Waals surface area contributed by atoms with Gasteiger partial charge in [-0.3, -0.25) is 14.5 Å². The van der Waals surface area contributed by atoms with E-state index in [0.29, 0.717) is 29.6 Å². The molecular weight excluding hydrogens is 438 g/mol. The minimum absolute atomic E-state index is 0.124. The molecule has 2 aromatic carbocycles. The van der Waals surface area contributed by atoms with Crippen LogP contribution in [0.4, 0.5) is 5.69 Å². The fraction of sp³-hybridized carbons (Fsp3) is 0.464. The Morgan fingerprint density at radius 1 is 0.857 bits per heavy atom. The van der Waals surface area contributed by atoms with Crippen LogP contribution in [0.3, 0.4) is 0 Å². The number of benzene rings is 2. The van der Waals surface area contributed by atoms with Gasteiger partial charge >= 0.3 is 0 Å². The van der Waals surface area contributed by atoms with Crippen LogP contribution in [0, 0.1) is 0 Å². The summed E-state index contributed by atoms with van der Waals surface area (Å²) in [5.41, 5.74) is 1.52. The number of rotatable bonds is 11. The van der Waals surface area contributed by atoms with E-state index >= 15 is 0 Å². The van der Waals surface area contributed by atoms with Gasteiger partial charge in [0.2, 0.25) is 0 Å². The van der Waals surface area contributed by atoms with Crippen LogP contribution in [0.5, 0.6) is 0 Å². The van der Waals surface area contributed by atoms with Gasteiger partial charge in [0.25, 0.3) is 11.5 Å². The van der Waals surface area contributed by atoms with E-state index in [2.05, 4.69) is 57.5 Å². The molecule has 4 rings (SSSR count). The lowest BCUT2D eigenvalue weighted by molar-refractivity contribution is 0.0947. The summed E-state index contributed by atoms with van der Waals surface area (Å²) in [7, 11) is 0. The third-order valence-corrected chi connectivity index (χ3v) is 6.74. The number of unbranched alkanes of at least 4 members (excludes halogenated alkanes) is 3. The quantitative estimate of drug-likeness (QED) is 0.426. The predicted octanol–water partition coefficient (Wildman–Crippen LogP) is 3.92. The van der Waals surface area contributed by atoms with Gasteiger partial charge < -0.3 is 10.2 Å². The molecule has 1 aliphatic heterocycles. The van der Waals surface area contributed by atoms with Crippen molar-refractivity contribution >= 4 is 22.4 Å². The average Bonchev–Trinajstić information content (AvgIpc) is 2.91. The Balaban J connectivity index is 1.25. The van der Waals surface area contributed by atoms with Crippen molar-refractivity contribution in [2.45, 2.75) is 45.6 Å². The van der Waals surface area contributed by atoms with Gasteiger partial charge in [-0.1, -0.05) is 56.2 Å². The number of para-hydroxylation sites is 1. The summed E-state index contributed by atoms with van der Waals surface area (Å²) in [6.07, 6.45) is 4.93. The van der Waals surface area contributed by atoms with Crippen LogP contribution < -0.4 is 15.8 Å². The maximum Gasteiger partial charge on any atom is 0.274 e. The number of aromatic nitrogens is 2. The molecule has 0 atom stereocenters. The predicted molar refractivity (Wildman–Crippen MR) is 142 cm³/mol. The summed E-state index contributed by atoms with van der Waals surface area (Å²) < 4.78 is 1.46. The molecule has 186 valence electrons. The van der Waals surface area contributed by atoms with Gasteiger partial charge in [-0.05, 0) is 44.0 Å². The second-order valence-electron chi connectivity index (χ2n) is 9.26. The van der Waals surface area contributed by atoms with E-state index in [1.54, 1.807) is 6.07 Å². The van der Waals surface area contributed by atoms with Crippen molar-refractivity contribution in [3.63, 3.8) is 0 Å². The molecule has 1 aliphatic rings. The highest BCUT2D eigenvalue weighted by Gasteiger charge is 2.18. The van der Waals surface area contributed by atoms with Crippen molar-refractivity contribution in [3.8, 4) is 0 Å². The number of carbonyl (C=O) groups excluding carboxylic acids is 1. The first-order valence-corrected chi connectivity index (χ1v) is 13.0. The number of hydrogen-bond acceptors (Lipinski definition) is 5. The molecule has 3 aromatic rings. The Hall–Kier alpha value is -3.19. The molecule has 0 bridgehead atoms. The number of amides is 1. The molecule has 7 heteroatoms. The molecule has 0 spiro atoms. The molecule has 2 heterocycles. The van der Waals surface area contributed by atoms with Crippen LogP contribution in [0.15, 0.2) is 59.4 Å². The van der Waals surface area contributed by atoms with Gasteiger partial charge in [-0.25, -0.2) is 4.68 Å². The molecule has 0 radical (unpaired) electrons. The SMILES string of the molecule is CCCCCn1nc(C(=O)NCCCCN2CCN(c3ccccc3)CC2)c2ccccc2c1=O. The smallest absolute Gasteiger partial charge is 0.274 e. The Labute approximate surface area is 207 Å². The van der Waals surface area contributed by atoms with Crippen LogP contribution in [-0.4, -0.2) is 59.9 Å². The normalized spacial score (nSPS) is 14.4. The lowest BCUT2D eigenvalue weighted by Crippen LogP contribution is -2.46. The summed E-state index contributed by atoms with van der Waals surface area (Å²) in [6, 6.07) is 17.9. The van der Waals surface area contributed by atoms with Gasteiger partial charge in [-0.2, -0.15) is 5.10 Å². The Kier molecular flexibility index (Phi) is 8.90. The van der Waals surface area contributed by atoms with E-state index in [9.17, 15) is 9.59 Å². The maximum atomic E-state index is 13.0.